The summed E-state index contributed by atoms with van der Waals surface area (Å²) in [6.07, 6.45) is 2.27. The van der Waals surface area contributed by atoms with E-state index in [4.69, 9.17) is 27.7 Å². The van der Waals surface area contributed by atoms with Crippen molar-refractivity contribution in [3.63, 3.8) is 0 Å². The number of benzene rings is 2. The maximum absolute atomic E-state index is 6.48. The van der Waals surface area contributed by atoms with Crippen LogP contribution in [0.4, 0.5) is 0 Å². The second-order valence-corrected chi connectivity index (χ2v) is 9.68. The monoisotopic (exact) mass is 471 g/mol. The Morgan fingerprint density at radius 1 is 1.13 bits per heavy atom. The second kappa shape index (κ2) is 8.65. The van der Waals surface area contributed by atoms with Crippen molar-refractivity contribution in [3.8, 4) is 11.4 Å². The van der Waals surface area contributed by atoms with Gasteiger partial charge >= 0.3 is 0 Å². The maximum Gasteiger partial charge on any atom is 0.239 e. The molecule has 2 aromatic heterocycles. The summed E-state index contributed by atoms with van der Waals surface area (Å²) in [6, 6.07) is 15.6. The first-order valence-electron chi connectivity index (χ1n) is 10.0. The van der Waals surface area contributed by atoms with Crippen LogP contribution in [-0.2, 0) is 6.54 Å². The molecule has 0 radical (unpaired) electrons. The van der Waals surface area contributed by atoms with Gasteiger partial charge in [-0.15, -0.1) is 10.2 Å². The lowest BCUT2D eigenvalue weighted by molar-refractivity contribution is 0.374. The molecular weight excluding hydrogens is 453 g/mol. The van der Waals surface area contributed by atoms with E-state index in [2.05, 4.69) is 37.0 Å². The summed E-state index contributed by atoms with van der Waals surface area (Å²) in [6.45, 7) is 2.64. The lowest BCUT2D eigenvalue weighted by Crippen LogP contribution is -2.05. The topological polar surface area (TPSA) is 69.6 Å². The van der Waals surface area contributed by atoms with Gasteiger partial charge < -0.3 is 4.52 Å². The van der Waals surface area contributed by atoms with Crippen LogP contribution >= 0.6 is 35.0 Å². The Hall–Kier alpha value is -2.35. The van der Waals surface area contributed by atoms with Crippen molar-refractivity contribution in [3.05, 3.63) is 75.9 Å². The molecule has 0 N–H and O–H groups in total. The number of hydrogen-bond acceptors (Lipinski definition) is 6. The van der Waals surface area contributed by atoms with Gasteiger partial charge in [-0.2, -0.15) is 4.98 Å². The second-order valence-electron chi connectivity index (χ2n) is 7.53. The van der Waals surface area contributed by atoms with E-state index >= 15 is 0 Å². The summed E-state index contributed by atoms with van der Waals surface area (Å²) in [5.41, 5.74) is 1.92. The highest BCUT2D eigenvalue weighted by Crippen LogP contribution is 2.41. The molecule has 1 unspecified atom stereocenters. The predicted octanol–water partition coefficient (Wildman–Crippen LogP) is 6.41. The minimum Gasteiger partial charge on any atom is -0.338 e. The van der Waals surface area contributed by atoms with Gasteiger partial charge in [-0.1, -0.05) is 70.5 Å². The van der Waals surface area contributed by atoms with E-state index in [1.54, 1.807) is 12.1 Å². The van der Waals surface area contributed by atoms with Crippen LogP contribution in [-0.4, -0.2) is 24.9 Å². The summed E-state index contributed by atoms with van der Waals surface area (Å²) < 4.78 is 7.57. The maximum atomic E-state index is 6.48. The van der Waals surface area contributed by atoms with E-state index < -0.39 is 0 Å². The van der Waals surface area contributed by atoms with Gasteiger partial charge in [0.2, 0.25) is 5.89 Å². The molecule has 2 heterocycles. The Morgan fingerprint density at radius 2 is 1.94 bits per heavy atom. The van der Waals surface area contributed by atoms with Gasteiger partial charge in [0.25, 0.3) is 0 Å². The lowest BCUT2D eigenvalue weighted by atomic mass is 10.2. The summed E-state index contributed by atoms with van der Waals surface area (Å²) in [5.74, 6) is 2.55. The molecule has 0 saturated heterocycles. The molecule has 0 spiro atoms. The number of halogens is 2. The third-order valence-corrected chi connectivity index (χ3v) is 6.72. The fourth-order valence-electron chi connectivity index (χ4n) is 3.28. The number of thioether (sulfide) groups is 1. The third-order valence-electron chi connectivity index (χ3n) is 5.10. The molecule has 0 aliphatic heterocycles. The Balaban J connectivity index is 1.49. The molecule has 158 valence electrons. The van der Waals surface area contributed by atoms with Crippen LogP contribution in [0.15, 0.2) is 58.2 Å². The minimum atomic E-state index is -0.0627. The Kier molecular flexibility index (Phi) is 5.73. The van der Waals surface area contributed by atoms with Gasteiger partial charge in [-0.05, 0) is 43.5 Å². The quantitative estimate of drug-likeness (QED) is 0.290. The molecule has 1 saturated carbocycles. The molecule has 2 aromatic carbocycles. The number of nitrogens with zero attached hydrogens (tertiary/aromatic N) is 5. The van der Waals surface area contributed by atoms with Crippen LogP contribution < -0.4 is 0 Å². The molecule has 1 fully saturated rings. The van der Waals surface area contributed by atoms with Crippen LogP contribution in [0.2, 0.25) is 10.0 Å². The van der Waals surface area contributed by atoms with E-state index in [9.17, 15) is 0 Å². The van der Waals surface area contributed by atoms with Crippen LogP contribution in [0.5, 0.6) is 0 Å². The molecule has 31 heavy (non-hydrogen) atoms. The van der Waals surface area contributed by atoms with Crippen LogP contribution in [0.1, 0.15) is 48.2 Å². The van der Waals surface area contributed by atoms with Crippen LogP contribution in [0.25, 0.3) is 11.4 Å². The van der Waals surface area contributed by atoms with Gasteiger partial charge in [0.15, 0.2) is 16.8 Å². The Bertz CT molecular complexity index is 1210. The molecule has 1 aliphatic carbocycles. The van der Waals surface area contributed by atoms with Gasteiger partial charge in [0.1, 0.15) is 0 Å². The summed E-state index contributed by atoms with van der Waals surface area (Å²) in [5, 5.41) is 14.9. The fraction of sp³-hybridized carbons (Fsp3) is 0.273. The van der Waals surface area contributed by atoms with E-state index in [1.165, 1.54) is 11.8 Å². The minimum absolute atomic E-state index is 0.0627. The van der Waals surface area contributed by atoms with E-state index in [0.717, 1.165) is 34.9 Å². The lowest BCUT2D eigenvalue weighted by Gasteiger charge is -2.13. The summed E-state index contributed by atoms with van der Waals surface area (Å²) in [4.78, 5) is 4.58. The first-order chi connectivity index (χ1) is 15.1. The molecule has 1 atom stereocenters. The normalized spacial score (nSPS) is 14.7. The highest BCUT2D eigenvalue weighted by Gasteiger charge is 2.30. The molecule has 5 rings (SSSR count). The van der Waals surface area contributed by atoms with E-state index in [0.29, 0.717) is 34.2 Å². The Labute approximate surface area is 194 Å². The average molecular weight is 472 g/mol. The molecule has 0 amide bonds. The zero-order chi connectivity index (χ0) is 21.4. The smallest absolute Gasteiger partial charge is 0.239 e. The van der Waals surface area contributed by atoms with E-state index in [-0.39, 0.29) is 5.25 Å². The zero-order valence-corrected chi connectivity index (χ0v) is 19.0. The highest BCUT2D eigenvalue weighted by molar-refractivity contribution is 7.99. The number of aromatic nitrogens is 5. The number of rotatable bonds is 7. The van der Waals surface area contributed by atoms with E-state index in [1.807, 2.05) is 31.2 Å². The molecule has 0 bridgehead atoms. The molecular formula is C22H19Cl2N5OS. The standard InChI is InChI=1S/C22H19Cl2N5OS/c1-13(21-25-19(28-30-21)15-7-8-15)31-22-27-26-20(17-10-9-16(23)11-18(17)24)29(22)12-14-5-3-2-4-6-14/h2-6,9-11,13,15H,7-8,12H2,1H3. The zero-order valence-electron chi connectivity index (χ0n) is 16.7. The van der Waals surface area contributed by atoms with Crippen molar-refractivity contribution < 1.29 is 4.52 Å². The van der Waals surface area contributed by atoms with Crippen molar-refractivity contribution in [2.75, 3.05) is 0 Å². The summed E-state index contributed by atoms with van der Waals surface area (Å²) in [7, 11) is 0. The first kappa shape index (κ1) is 20.5. The van der Waals surface area contributed by atoms with Gasteiger partial charge in [0.05, 0.1) is 16.8 Å². The van der Waals surface area contributed by atoms with Gasteiger partial charge in [-0.3, -0.25) is 4.57 Å². The highest BCUT2D eigenvalue weighted by atomic mass is 35.5. The van der Waals surface area contributed by atoms with Gasteiger partial charge in [0, 0.05) is 16.5 Å². The van der Waals surface area contributed by atoms with Crippen LogP contribution in [0.3, 0.4) is 0 Å². The van der Waals surface area contributed by atoms with Crippen molar-refractivity contribution >= 4 is 35.0 Å². The van der Waals surface area contributed by atoms with Crippen molar-refractivity contribution in [2.24, 2.45) is 0 Å². The van der Waals surface area contributed by atoms with Crippen molar-refractivity contribution in [2.45, 2.75) is 42.6 Å². The SMILES string of the molecule is CC(Sc1nnc(-c2ccc(Cl)cc2Cl)n1Cc1ccccc1)c1nc(C2CC2)no1. The van der Waals surface area contributed by atoms with Crippen molar-refractivity contribution in [1.82, 2.24) is 24.9 Å². The van der Waals surface area contributed by atoms with Crippen LogP contribution in [0, 0.1) is 0 Å². The molecule has 9 heteroatoms. The third kappa shape index (κ3) is 4.49. The van der Waals surface area contributed by atoms with Gasteiger partial charge in [-0.25, -0.2) is 0 Å². The average Bonchev–Trinajstić information content (AvgIpc) is 3.37. The predicted molar refractivity (Wildman–Crippen MR) is 122 cm³/mol. The first-order valence-corrected chi connectivity index (χ1v) is 11.6. The number of hydrogen-bond donors (Lipinski definition) is 0. The Morgan fingerprint density at radius 3 is 2.68 bits per heavy atom. The summed E-state index contributed by atoms with van der Waals surface area (Å²) >= 11 is 14.1. The van der Waals surface area contributed by atoms with Crippen molar-refractivity contribution in [1.29, 1.82) is 0 Å². The molecule has 1 aliphatic rings. The molecule has 6 nitrogen and oxygen atoms in total. The molecule has 4 aromatic rings. The largest absolute Gasteiger partial charge is 0.338 e. The fourth-order valence-corrected chi connectivity index (χ4v) is 4.65.